The number of hydrogen-bond acceptors (Lipinski definition) is 3. The van der Waals surface area contributed by atoms with E-state index in [1.807, 2.05) is 11.8 Å². The second-order valence-corrected chi connectivity index (χ2v) is 5.25. The average Bonchev–Trinajstić information content (AvgIpc) is 2.66. The monoisotopic (exact) mass is 231 g/mol. The minimum Gasteiger partial charge on any atom is -0.396 e. The zero-order chi connectivity index (χ0) is 11.1. The lowest BCUT2D eigenvalue weighted by molar-refractivity contribution is -0.121. The van der Waals surface area contributed by atoms with Crippen molar-refractivity contribution in [1.82, 2.24) is 5.32 Å². The SMILES string of the molecule is CSC1CCC(NC(=O)CCCCO)C1. The highest BCUT2D eigenvalue weighted by atomic mass is 32.2. The highest BCUT2D eigenvalue weighted by Crippen LogP contribution is 2.28. The number of amides is 1. The molecule has 15 heavy (non-hydrogen) atoms. The Hall–Kier alpha value is -0.220. The van der Waals surface area contributed by atoms with E-state index in [4.69, 9.17) is 5.11 Å². The maximum absolute atomic E-state index is 11.5. The van der Waals surface area contributed by atoms with Gasteiger partial charge in [0.2, 0.25) is 5.91 Å². The molecular weight excluding hydrogens is 210 g/mol. The molecule has 2 N–H and O–H groups in total. The van der Waals surface area contributed by atoms with Crippen molar-refractivity contribution in [1.29, 1.82) is 0 Å². The number of carbonyl (C=O) groups is 1. The standard InChI is InChI=1S/C11H21NO2S/c1-15-10-6-5-9(8-10)12-11(14)4-2-3-7-13/h9-10,13H,2-8H2,1H3,(H,12,14). The van der Waals surface area contributed by atoms with Gasteiger partial charge < -0.3 is 10.4 Å². The fourth-order valence-electron chi connectivity index (χ4n) is 1.98. The fraction of sp³-hybridized carbons (Fsp3) is 0.909. The van der Waals surface area contributed by atoms with Crippen LogP contribution in [-0.2, 0) is 4.79 Å². The largest absolute Gasteiger partial charge is 0.396 e. The van der Waals surface area contributed by atoms with Crippen LogP contribution in [0.15, 0.2) is 0 Å². The number of hydrogen-bond donors (Lipinski definition) is 2. The van der Waals surface area contributed by atoms with Crippen LogP contribution in [0.1, 0.15) is 38.5 Å². The van der Waals surface area contributed by atoms with Gasteiger partial charge in [0.15, 0.2) is 0 Å². The predicted molar refractivity (Wildman–Crippen MR) is 64.0 cm³/mol. The summed E-state index contributed by atoms with van der Waals surface area (Å²) in [5.74, 6) is 0.148. The number of thioether (sulfide) groups is 1. The number of unbranched alkanes of at least 4 members (excludes halogenated alkanes) is 1. The predicted octanol–water partition coefficient (Wildman–Crippen LogP) is 1.55. The first kappa shape index (κ1) is 12.8. The summed E-state index contributed by atoms with van der Waals surface area (Å²) in [6.07, 6.45) is 7.68. The minimum absolute atomic E-state index is 0.148. The molecule has 1 aliphatic rings. The van der Waals surface area contributed by atoms with Crippen LogP contribution in [0, 0.1) is 0 Å². The Morgan fingerprint density at radius 1 is 1.47 bits per heavy atom. The Labute approximate surface area is 96.0 Å². The van der Waals surface area contributed by atoms with Crippen molar-refractivity contribution >= 4 is 17.7 Å². The van der Waals surface area contributed by atoms with E-state index >= 15 is 0 Å². The molecule has 0 aromatic rings. The third-order valence-corrected chi connectivity index (χ3v) is 3.99. The molecule has 4 heteroatoms. The molecule has 0 aromatic heterocycles. The van der Waals surface area contributed by atoms with Gasteiger partial charge in [0, 0.05) is 24.3 Å². The van der Waals surface area contributed by atoms with Gasteiger partial charge in [-0.15, -0.1) is 0 Å². The lowest BCUT2D eigenvalue weighted by Crippen LogP contribution is -2.32. The second kappa shape index (κ2) is 7.12. The van der Waals surface area contributed by atoms with E-state index in [2.05, 4.69) is 11.6 Å². The van der Waals surface area contributed by atoms with Crippen molar-refractivity contribution in [2.24, 2.45) is 0 Å². The van der Waals surface area contributed by atoms with Gasteiger partial charge >= 0.3 is 0 Å². The topological polar surface area (TPSA) is 49.3 Å². The zero-order valence-electron chi connectivity index (χ0n) is 9.37. The lowest BCUT2D eigenvalue weighted by atomic mass is 10.2. The molecule has 3 nitrogen and oxygen atoms in total. The van der Waals surface area contributed by atoms with Crippen molar-refractivity contribution in [3.63, 3.8) is 0 Å². The molecule has 0 bridgehead atoms. The fourth-order valence-corrected chi connectivity index (χ4v) is 2.78. The number of carbonyl (C=O) groups excluding carboxylic acids is 1. The molecule has 0 spiro atoms. The van der Waals surface area contributed by atoms with Gasteiger partial charge in [0.25, 0.3) is 0 Å². The third-order valence-electron chi connectivity index (χ3n) is 2.89. The molecule has 0 saturated heterocycles. The molecule has 1 amide bonds. The molecule has 0 aliphatic heterocycles. The summed E-state index contributed by atoms with van der Waals surface area (Å²) >= 11 is 1.90. The lowest BCUT2D eigenvalue weighted by Gasteiger charge is -2.12. The zero-order valence-corrected chi connectivity index (χ0v) is 10.2. The van der Waals surface area contributed by atoms with E-state index in [1.54, 1.807) is 0 Å². The Kier molecular flexibility index (Phi) is 6.10. The van der Waals surface area contributed by atoms with Crippen molar-refractivity contribution in [3.05, 3.63) is 0 Å². The summed E-state index contributed by atoms with van der Waals surface area (Å²) in [5.41, 5.74) is 0. The van der Waals surface area contributed by atoms with Crippen LogP contribution in [0.25, 0.3) is 0 Å². The van der Waals surface area contributed by atoms with Crippen LogP contribution in [0.4, 0.5) is 0 Å². The van der Waals surface area contributed by atoms with Gasteiger partial charge in [-0.25, -0.2) is 0 Å². The van der Waals surface area contributed by atoms with Crippen LogP contribution in [0.3, 0.4) is 0 Å². The molecule has 88 valence electrons. The summed E-state index contributed by atoms with van der Waals surface area (Å²) in [6, 6.07) is 0.393. The van der Waals surface area contributed by atoms with Gasteiger partial charge in [0.1, 0.15) is 0 Å². The van der Waals surface area contributed by atoms with Crippen LogP contribution in [0.2, 0.25) is 0 Å². The second-order valence-electron chi connectivity index (χ2n) is 4.12. The highest BCUT2D eigenvalue weighted by Gasteiger charge is 2.24. The Balaban J connectivity index is 2.10. The van der Waals surface area contributed by atoms with Crippen LogP contribution in [-0.4, -0.2) is 35.2 Å². The van der Waals surface area contributed by atoms with Crippen molar-refractivity contribution < 1.29 is 9.90 Å². The first-order valence-electron chi connectivity index (χ1n) is 5.69. The first-order valence-corrected chi connectivity index (χ1v) is 6.98. The van der Waals surface area contributed by atoms with Gasteiger partial charge in [-0.3, -0.25) is 4.79 Å². The highest BCUT2D eigenvalue weighted by molar-refractivity contribution is 7.99. The number of aliphatic hydroxyl groups excluding tert-OH is 1. The summed E-state index contributed by atoms with van der Waals surface area (Å²) in [7, 11) is 0. The van der Waals surface area contributed by atoms with Gasteiger partial charge in [0.05, 0.1) is 0 Å². The summed E-state index contributed by atoms with van der Waals surface area (Å²) in [5, 5.41) is 12.4. The minimum atomic E-state index is 0.148. The first-order chi connectivity index (χ1) is 7.26. The normalized spacial score (nSPS) is 25.5. The van der Waals surface area contributed by atoms with Crippen molar-refractivity contribution in [2.45, 2.75) is 49.8 Å². The van der Waals surface area contributed by atoms with E-state index in [-0.39, 0.29) is 12.5 Å². The Bertz CT molecular complexity index is 199. The molecule has 1 saturated carbocycles. The van der Waals surface area contributed by atoms with Crippen LogP contribution in [0.5, 0.6) is 0 Å². The van der Waals surface area contributed by atoms with Gasteiger partial charge in [-0.05, 0) is 38.4 Å². The Morgan fingerprint density at radius 3 is 2.87 bits per heavy atom. The van der Waals surface area contributed by atoms with E-state index in [1.165, 1.54) is 6.42 Å². The number of nitrogens with one attached hydrogen (secondary N) is 1. The molecule has 2 unspecified atom stereocenters. The van der Waals surface area contributed by atoms with E-state index in [0.717, 1.165) is 30.9 Å². The Morgan fingerprint density at radius 2 is 2.27 bits per heavy atom. The molecule has 0 aromatic carbocycles. The van der Waals surface area contributed by atoms with Crippen LogP contribution < -0.4 is 5.32 Å². The van der Waals surface area contributed by atoms with Crippen LogP contribution >= 0.6 is 11.8 Å². The summed E-state index contributed by atoms with van der Waals surface area (Å²) in [4.78, 5) is 11.5. The third kappa shape index (κ3) is 4.89. The molecule has 0 heterocycles. The average molecular weight is 231 g/mol. The number of rotatable bonds is 6. The van der Waals surface area contributed by atoms with Gasteiger partial charge in [-0.1, -0.05) is 0 Å². The van der Waals surface area contributed by atoms with Crippen molar-refractivity contribution in [3.8, 4) is 0 Å². The molecule has 2 atom stereocenters. The molecule has 1 fully saturated rings. The molecule has 1 aliphatic carbocycles. The van der Waals surface area contributed by atoms with E-state index in [0.29, 0.717) is 12.5 Å². The molecule has 0 radical (unpaired) electrons. The van der Waals surface area contributed by atoms with E-state index < -0.39 is 0 Å². The maximum Gasteiger partial charge on any atom is 0.220 e. The smallest absolute Gasteiger partial charge is 0.220 e. The maximum atomic E-state index is 11.5. The van der Waals surface area contributed by atoms with E-state index in [9.17, 15) is 4.79 Å². The van der Waals surface area contributed by atoms with Crippen molar-refractivity contribution in [2.75, 3.05) is 12.9 Å². The van der Waals surface area contributed by atoms with Gasteiger partial charge in [-0.2, -0.15) is 11.8 Å². The quantitative estimate of drug-likeness (QED) is 0.682. The summed E-state index contributed by atoms with van der Waals surface area (Å²) < 4.78 is 0. The number of aliphatic hydroxyl groups is 1. The summed E-state index contributed by atoms with van der Waals surface area (Å²) in [6.45, 7) is 0.186. The molecule has 1 rings (SSSR count). The molecular formula is C11H21NO2S.